The number of rotatable bonds is 5. The molecule has 0 saturated heterocycles. The highest BCUT2D eigenvalue weighted by Gasteiger charge is 2.15. The van der Waals surface area contributed by atoms with Gasteiger partial charge in [-0.25, -0.2) is 4.98 Å². The van der Waals surface area contributed by atoms with Crippen LogP contribution in [0.3, 0.4) is 0 Å². The molecule has 0 spiro atoms. The normalized spacial score (nSPS) is 11.2. The largest absolute Gasteiger partial charge is 0.466 e. The Morgan fingerprint density at radius 1 is 1.10 bits per heavy atom. The highest BCUT2D eigenvalue weighted by atomic mass is 16.5. The Balaban J connectivity index is 1.59. The highest BCUT2D eigenvalue weighted by Crippen LogP contribution is 2.27. The van der Waals surface area contributed by atoms with Crippen molar-refractivity contribution in [3.63, 3.8) is 0 Å². The molecule has 2 aromatic carbocycles. The van der Waals surface area contributed by atoms with Crippen molar-refractivity contribution >= 4 is 27.8 Å². The summed E-state index contributed by atoms with van der Waals surface area (Å²) in [6, 6.07) is 18.2. The maximum Gasteiger partial charge on any atom is 0.310 e. The average molecular weight is 396 g/mol. The summed E-state index contributed by atoms with van der Waals surface area (Å²) >= 11 is 0. The molecule has 5 aromatic rings. The lowest BCUT2D eigenvalue weighted by atomic mass is 10.1. The maximum absolute atomic E-state index is 12.1. The monoisotopic (exact) mass is 396 g/mol. The summed E-state index contributed by atoms with van der Waals surface area (Å²) in [5.41, 5.74) is 4.60. The number of fused-ring (bicyclic) bond motifs is 2. The third kappa shape index (κ3) is 3.22. The van der Waals surface area contributed by atoms with Gasteiger partial charge in [0.1, 0.15) is 5.69 Å². The van der Waals surface area contributed by atoms with Gasteiger partial charge in [-0.15, -0.1) is 0 Å². The Morgan fingerprint density at radius 3 is 2.80 bits per heavy atom. The van der Waals surface area contributed by atoms with Crippen molar-refractivity contribution in [2.45, 2.75) is 13.3 Å². The van der Waals surface area contributed by atoms with Crippen LogP contribution in [-0.2, 0) is 16.0 Å². The Hall–Kier alpha value is -3.93. The van der Waals surface area contributed by atoms with E-state index in [1.165, 1.54) is 0 Å². The molecular formula is C24H20N4O2. The Morgan fingerprint density at radius 2 is 1.93 bits per heavy atom. The van der Waals surface area contributed by atoms with Gasteiger partial charge in [-0.1, -0.05) is 36.4 Å². The number of aromatic nitrogens is 4. The maximum atomic E-state index is 12.1. The zero-order chi connectivity index (χ0) is 20.5. The fraction of sp³-hybridized carbons (Fsp3) is 0.125. The summed E-state index contributed by atoms with van der Waals surface area (Å²) in [6.45, 7) is 2.18. The molecule has 0 unspecified atom stereocenters. The van der Waals surface area contributed by atoms with Crippen LogP contribution in [0.2, 0.25) is 0 Å². The van der Waals surface area contributed by atoms with Gasteiger partial charge in [-0.3, -0.25) is 14.3 Å². The molecule has 0 fully saturated rings. The van der Waals surface area contributed by atoms with E-state index in [4.69, 9.17) is 9.72 Å². The van der Waals surface area contributed by atoms with Crippen molar-refractivity contribution in [2.75, 3.05) is 6.61 Å². The Labute approximate surface area is 173 Å². The van der Waals surface area contributed by atoms with Crippen molar-refractivity contribution in [1.82, 2.24) is 19.5 Å². The van der Waals surface area contributed by atoms with E-state index in [0.29, 0.717) is 12.4 Å². The third-order valence-electron chi connectivity index (χ3n) is 5.11. The first-order valence-corrected chi connectivity index (χ1v) is 9.88. The first-order valence-electron chi connectivity index (χ1n) is 9.88. The van der Waals surface area contributed by atoms with Crippen LogP contribution in [-0.4, -0.2) is 32.1 Å². The second-order valence-corrected chi connectivity index (χ2v) is 7.06. The number of ether oxygens (including phenoxy) is 1. The summed E-state index contributed by atoms with van der Waals surface area (Å²) in [5, 5.41) is 2.13. The minimum Gasteiger partial charge on any atom is -0.466 e. The summed E-state index contributed by atoms with van der Waals surface area (Å²) < 4.78 is 7.11. The molecule has 3 heterocycles. The summed E-state index contributed by atoms with van der Waals surface area (Å²) in [4.78, 5) is 24.7. The predicted octanol–water partition coefficient (Wildman–Crippen LogP) is 4.67. The van der Waals surface area contributed by atoms with E-state index in [0.717, 1.165) is 38.8 Å². The van der Waals surface area contributed by atoms with Crippen LogP contribution in [0.5, 0.6) is 0 Å². The van der Waals surface area contributed by atoms with Crippen LogP contribution in [0.15, 0.2) is 73.2 Å². The molecule has 6 nitrogen and oxygen atoms in total. The minimum atomic E-state index is -0.238. The van der Waals surface area contributed by atoms with E-state index < -0.39 is 0 Å². The molecule has 0 aliphatic rings. The number of nitrogens with zero attached hydrogens (tertiary/aromatic N) is 3. The predicted molar refractivity (Wildman–Crippen MR) is 116 cm³/mol. The number of aromatic amines is 1. The zero-order valence-corrected chi connectivity index (χ0v) is 16.5. The van der Waals surface area contributed by atoms with Crippen LogP contribution < -0.4 is 0 Å². The van der Waals surface area contributed by atoms with Crippen LogP contribution in [0.25, 0.3) is 39.0 Å². The van der Waals surface area contributed by atoms with Gasteiger partial charge in [0.15, 0.2) is 5.82 Å². The van der Waals surface area contributed by atoms with Gasteiger partial charge < -0.3 is 9.72 Å². The quantitative estimate of drug-likeness (QED) is 0.438. The number of hydrogen-bond donors (Lipinski definition) is 1. The molecule has 0 atom stereocenters. The van der Waals surface area contributed by atoms with E-state index in [-0.39, 0.29) is 12.4 Å². The highest BCUT2D eigenvalue weighted by molar-refractivity contribution is 5.89. The van der Waals surface area contributed by atoms with Gasteiger partial charge in [0.05, 0.1) is 36.6 Å². The smallest absolute Gasteiger partial charge is 0.310 e. The van der Waals surface area contributed by atoms with Crippen molar-refractivity contribution < 1.29 is 9.53 Å². The van der Waals surface area contributed by atoms with Crippen molar-refractivity contribution in [3.8, 4) is 17.2 Å². The van der Waals surface area contributed by atoms with Gasteiger partial charge in [0.25, 0.3) is 0 Å². The number of carbonyl (C=O) groups excluding carboxylic acids is 1. The molecule has 1 N–H and O–H groups in total. The van der Waals surface area contributed by atoms with Gasteiger partial charge in [-0.2, -0.15) is 0 Å². The lowest BCUT2D eigenvalue weighted by Gasteiger charge is -2.05. The molecule has 30 heavy (non-hydrogen) atoms. The number of H-pyrrole nitrogens is 1. The topological polar surface area (TPSA) is 72.8 Å². The van der Waals surface area contributed by atoms with E-state index in [1.807, 2.05) is 60.2 Å². The van der Waals surface area contributed by atoms with Gasteiger partial charge in [-0.05, 0) is 30.7 Å². The fourth-order valence-corrected chi connectivity index (χ4v) is 3.76. The second kappa shape index (κ2) is 7.48. The SMILES string of the molecule is CCOC(=O)Cc1cn(-c2cncc(-c3cc4ccccc4[nH]3)n2)c2ccccc12. The van der Waals surface area contributed by atoms with Crippen molar-refractivity contribution in [1.29, 1.82) is 0 Å². The Bertz CT molecular complexity index is 1330. The van der Waals surface area contributed by atoms with Gasteiger partial charge >= 0.3 is 5.97 Å². The number of carbonyl (C=O) groups is 1. The lowest BCUT2D eigenvalue weighted by Crippen LogP contribution is -2.07. The van der Waals surface area contributed by atoms with E-state index in [9.17, 15) is 4.79 Å². The summed E-state index contributed by atoms with van der Waals surface area (Å²) in [5.74, 6) is 0.454. The third-order valence-corrected chi connectivity index (χ3v) is 5.11. The number of benzene rings is 2. The molecule has 148 valence electrons. The first-order chi connectivity index (χ1) is 14.7. The standard InChI is InChI=1S/C24H20N4O2/c1-2-30-24(29)12-17-15-28(22-10-6-4-8-18(17)22)23-14-25-13-21(27-23)20-11-16-7-3-5-9-19(16)26-20/h3-11,13-15,26H,2,12H2,1H3. The molecule has 0 saturated carbocycles. The average Bonchev–Trinajstić information content (AvgIpc) is 3.36. The fourth-order valence-electron chi connectivity index (χ4n) is 3.76. The molecule has 3 aromatic heterocycles. The molecule has 6 heteroatoms. The molecule has 0 aliphatic carbocycles. The zero-order valence-electron chi connectivity index (χ0n) is 16.5. The van der Waals surface area contributed by atoms with E-state index >= 15 is 0 Å². The number of hydrogen-bond acceptors (Lipinski definition) is 4. The lowest BCUT2D eigenvalue weighted by molar-refractivity contribution is -0.142. The van der Waals surface area contributed by atoms with Crippen LogP contribution in [0.1, 0.15) is 12.5 Å². The van der Waals surface area contributed by atoms with Crippen molar-refractivity contribution in [2.24, 2.45) is 0 Å². The van der Waals surface area contributed by atoms with Crippen molar-refractivity contribution in [3.05, 3.63) is 78.8 Å². The molecule has 0 bridgehead atoms. The molecule has 0 amide bonds. The number of nitrogens with one attached hydrogen (secondary N) is 1. The number of para-hydroxylation sites is 2. The second-order valence-electron chi connectivity index (χ2n) is 7.06. The van der Waals surface area contributed by atoms with E-state index in [2.05, 4.69) is 22.1 Å². The molecular weight excluding hydrogens is 376 g/mol. The minimum absolute atomic E-state index is 0.219. The van der Waals surface area contributed by atoms with Crippen LogP contribution in [0.4, 0.5) is 0 Å². The van der Waals surface area contributed by atoms with Crippen LogP contribution in [0, 0.1) is 0 Å². The molecule has 0 aliphatic heterocycles. The van der Waals surface area contributed by atoms with E-state index in [1.54, 1.807) is 12.4 Å². The first kappa shape index (κ1) is 18.1. The molecule has 0 radical (unpaired) electrons. The summed E-state index contributed by atoms with van der Waals surface area (Å²) in [6.07, 6.45) is 5.64. The van der Waals surface area contributed by atoms with Gasteiger partial charge in [0.2, 0.25) is 0 Å². The summed E-state index contributed by atoms with van der Waals surface area (Å²) in [7, 11) is 0. The number of esters is 1. The van der Waals surface area contributed by atoms with Crippen LogP contribution >= 0.6 is 0 Å². The van der Waals surface area contributed by atoms with Gasteiger partial charge in [0, 0.05) is 22.5 Å². The Kier molecular flexibility index (Phi) is 4.52. The molecule has 5 rings (SSSR count).